The summed E-state index contributed by atoms with van der Waals surface area (Å²) in [4.78, 5) is 5.52. The van der Waals surface area contributed by atoms with Gasteiger partial charge in [0.15, 0.2) is 0 Å². The fourth-order valence-corrected chi connectivity index (χ4v) is 11.6. The van der Waals surface area contributed by atoms with E-state index in [0.717, 1.165) is 88.1 Å². The van der Waals surface area contributed by atoms with Crippen LogP contribution >= 0.6 is 0 Å². The number of hydrogen-bond acceptors (Lipinski definition) is 3. The zero-order valence-electron chi connectivity index (χ0n) is 34.3. The lowest BCUT2D eigenvalue weighted by atomic mass is 9.70. The Balaban J connectivity index is 1.07. The average Bonchev–Trinajstić information content (AvgIpc) is 4.11. The quantitative estimate of drug-likeness (QED) is 0.167. The van der Waals surface area contributed by atoms with Crippen molar-refractivity contribution in [3.8, 4) is 28.1 Å². The van der Waals surface area contributed by atoms with Gasteiger partial charge in [0.1, 0.15) is 16.7 Å². The fraction of sp³-hybridized carbons (Fsp3) is 0.0339. The first-order chi connectivity index (χ1) is 31.2. The van der Waals surface area contributed by atoms with E-state index in [-0.39, 0.29) is 0 Å². The Morgan fingerprint density at radius 2 is 1.25 bits per heavy atom. The third-order valence-corrected chi connectivity index (χ3v) is 13.9. The van der Waals surface area contributed by atoms with Gasteiger partial charge >= 0.3 is 0 Å². The molecule has 0 fully saturated rings. The van der Waals surface area contributed by atoms with E-state index in [1.807, 2.05) is 30.3 Å². The molecule has 0 N–H and O–H groups in total. The van der Waals surface area contributed by atoms with E-state index in [1.165, 1.54) is 49.9 Å². The first-order valence-corrected chi connectivity index (χ1v) is 21.6. The molecule has 0 saturated carbocycles. The lowest BCUT2D eigenvalue weighted by molar-refractivity contribution is 0.645. The van der Waals surface area contributed by atoms with E-state index in [1.54, 1.807) is 0 Å². The predicted octanol–water partition coefficient (Wildman–Crippen LogP) is 15.6. The molecule has 4 heterocycles. The summed E-state index contributed by atoms with van der Waals surface area (Å²) in [5.74, 6) is 0. The van der Waals surface area contributed by atoms with Crippen LogP contribution in [0, 0.1) is 0 Å². The molecule has 294 valence electrons. The molecule has 8 aromatic carbocycles. The van der Waals surface area contributed by atoms with Crippen molar-refractivity contribution in [2.24, 2.45) is 0 Å². The van der Waals surface area contributed by atoms with Crippen LogP contribution < -0.4 is 0 Å². The summed E-state index contributed by atoms with van der Waals surface area (Å²) in [6, 6.07) is 61.1. The van der Waals surface area contributed by atoms with Gasteiger partial charge in [0.2, 0.25) is 5.71 Å². The zero-order chi connectivity index (χ0) is 41.6. The van der Waals surface area contributed by atoms with Gasteiger partial charge in [0, 0.05) is 49.0 Å². The van der Waals surface area contributed by atoms with E-state index in [9.17, 15) is 0 Å². The molecule has 4 aromatic heterocycles. The average molecular weight is 805 g/mol. The summed E-state index contributed by atoms with van der Waals surface area (Å²) in [5, 5.41) is 8.83. The van der Waals surface area contributed by atoms with Crippen molar-refractivity contribution in [3.05, 3.63) is 222 Å². The lowest BCUT2D eigenvalue weighted by Gasteiger charge is -2.31. The molecule has 0 radical (unpaired) electrons. The van der Waals surface area contributed by atoms with Crippen LogP contribution in [0.1, 0.15) is 29.2 Å². The van der Waals surface area contributed by atoms with Crippen molar-refractivity contribution in [1.82, 2.24) is 9.55 Å². The molecule has 4 nitrogen and oxygen atoms in total. The Morgan fingerprint density at radius 3 is 2.03 bits per heavy atom. The molecule has 0 aliphatic heterocycles. The minimum atomic E-state index is -0.482. The van der Waals surface area contributed by atoms with E-state index < -0.39 is 5.41 Å². The Bertz CT molecular complexity index is 4030. The van der Waals surface area contributed by atoms with Crippen LogP contribution in [0.15, 0.2) is 209 Å². The summed E-state index contributed by atoms with van der Waals surface area (Å²) in [7, 11) is 0. The first kappa shape index (κ1) is 34.5. The lowest BCUT2D eigenvalue weighted by Crippen LogP contribution is -2.25. The molecular formula is C59H36N2O2. The second-order valence-corrected chi connectivity index (χ2v) is 16.9. The standard InChI is InChI=1S/C59H36N2O2/c1-3-16-39-45(4-2)59(46-24-10-5-19-36(46)37-20-6-11-25-47(37)59)48-30-29-42-54(56(39)48)40-22-7-12-26-49(40)60-57(42)34-17-15-18-35(31-34)61-50-32-43-38-21-8-13-27-51(38)62-53(43)33-44(50)55-41-23-9-14-28-52(41)63-58(55)61/h3-33H,1H2,2H3/b39-16+,45-4+. The molecule has 4 heteroatoms. The second kappa shape index (κ2) is 12.4. The van der Waals surface area contributed by atoms with Gasteiger partial charge in [-0.2, -0.15) is 0 Å². The number of rotatable bonds is 3. The fourth-order valence-electron chi connectivity index (χ4n) is 11.6. The number of hydrogen-bond donors (Lipinski definition) is 0. The minimum absolute atomic E-state index is 0.482. The summed E-state index contributed by atoms with van der Waals surface area (Å²) < 4.78 is 15.5. The van der Waals surface area contributed by atoms with Crippen LogP contribution in [-0.4, -0.2) is 9.55 Å². The van der Waals surface area contributed by atoms with Gasteiger partial charge in [0.25, 0.3) is 0 Å². The Morgan fingerprint density at radius 1 is 0.556 bits per heavy atom. The minimum Gasteiger partial charge on any atom is -0.456 e. The third-order valence-electron chi connectivity index (χ3n) is 13.9. The molecule has 1 spiro atoms. The Labute approximate surface area is 361 Å². The molecule has 0 saturated heterocycles. The number of pyridine rings is 1. The van der Waals surface area contributed by atoms with Crippen LogP contribution in [-0.2, 0) is 5.41 Å². The van der Waals surface area contributed by atoms with Crippen molar-refractivity contribution in [3.63, 3.8) is 0 Å². The van der Waals surface area contributed by atoms with Crippen molar-refractivity contribution in [2.45, 2.75) is 12.3 Å². The van der Waals surface area contributed by atoms with Crippen molar-refractivity contribution in [1.29, 1.82) is 0 Å². The van der Waals surface area contributed by atoms with E-state index >= 15 is 0 Å². The number of allylic oxidation sites excluding steroid dienone is 5. The normalized spacial score (nSPS) is 15.3. The third kappa shape index (κ3) is 4.32. The first-order valence-electron chi connectivity index (χ1n) is 21.6. The van der Waals surface area contributed by atoms with E-state index in [2.05, 4.69) is 176 Å². The van der Waals surface area contributed by atoms with Gasteiger partial charge in [-0.05, 0) is 93.9 Å². The smallest absolute Gasteiger partial charge is 0.213 e. The van der Waals surface area contributed by atoms with Crippen LogP contribution in [0.2, 0.25) is 0 Å². The van der Waals surface area contributed by atoms with Crippen molar-refractivity contribution < 1.29 is 8.83 Å². The Kier molecular flexibility index (Phi) is 6.81. The topological polar surface area (TPSA) is 44.1 Å². The molecule has 14 rings (SSSR count). The highest BCUT2D eigenvalue weighted by Crippen LogP contribution is 2.65. The zero-order valence-corrected chi connectivity index (χ0v) is 34.3. The van der Waals surface area contributed by atoms with Crippen LogP contribution in [0.4, 0.5) is 0 Å². The van der Waals surface area contributed by atoms with Crippen LogP contribution in [0.5, 0.6) is 0 Å². The maximum atomic E-state index is 6.79. The van der Waals surface area contributed by atoms with Gasteiger partial charge in [-0.25, -0.2) is 4.98 Å². The maximum absolute atomic E-state index is 6.79. The van der Waals surface area contributed by atoms with Crippen molar-refractivity contribution in [2.75, 3.05) is 0 Å². The van der Waals surface area contributed by atoms with E-state index in [0.29, 0.717) is 0 Å². The monoisotopic (exact) mass is 804 g/mol. The van der Waals surface area contributed by atoms with Gasteiger partial charge < -0.3 is 8.83 Å². The molecule has 2 aliphatic carbocycles. The number of nitrogens with zero attached hydrogens (tertiary/aromatic N) is 2. The number of benzene rings is 8. The summed E-state index contributed by atoms with van der Waals surface area (Å²) in [5.41, 5.74) is 18.1. The highest BCUT2D eigenvalue weighted by molar-refractivity contribution is 6.24. The largest absolute Gasteiger partial charge is 0.456 e. The predicted molar refractivity (Wildman–Crippen MR) is 260 cm³/mol. The molecule has 0 amide bonds. The van der Waals surface area contributed by atoms with E-state index in [4.69, 9.17) is 13.8 Å². The SMILES string of the molecule is C=C/C=C1\C(=C/C)C2(c3ccccc3-c3ccccc32)c2ccc3c(-c4cccc(-n5c6cc7c(cc6c6c8ccccc8oc65)oc5ccccc57)c4)nc4ccccc4c3c21. The number of furan rings is 2. The molecular weight excluding hydrogens is 769 g/mol. The molecule has 12 aromatic rings. The number of aromatic nitrogens is 2. The summed E-state index contributed by atoms with van der Waals surface area (Å²) >= 11 is 0. The number of para-hydroxylation sites is 3. The summed E-state index contributed by atoms with van der Waals surface area (Å²) in [6.45, 7) is 6.45. The van der Waals surface area contributed by atoms with Crippen molar-refractivity contribution >= 4 is 82.2 Å². The highest BCUT2D eigenvalue weighted by atomic mass is 16.3. The second-order valence-electron chi connectivity index (χ2n) is 16.9. The summed E-state index contributed by atoms with van der Waals surface area (Å²) in [6.07, 6.45) is 6.49. The molecule has 2 aliphatic rings. The Hall–Kier alpha value is -8.21. The van der Waals surface area contributed by atoms with Gasteiger partial charge in [-0.15, -0.1) is 0 Å². The van der Waals surface area contributed by atoms with Crippen LogP contribution in [0.25, 0.3) is 110 Å². The highest BCUT2D eigenvalue weighted by Gasteiger charge is 2.53. The molecule has 63 heavy (non-hydrogen) atoms. The van der Waals surface area contributed by atoms with Gasteiger partial charge in [-0.3, -0.25) is 4.57 Å². The molecule has 0 unspecified atom stereocenters. The molecule has 0 atom stereocenters. The molecule has 0 bridgehead atoms. The van der Waals surface area contributed by atoms with Gasteiger partial charge in [0.05, 0.1) is 27.5 Å². The number of fused-ring (bicyclic) bond motifs is 19. The van der Waals surface area contributed by atoms with Crippen LogP contribution in [0.3, 0.4) is 0 Å². The van der Waals surface area contributed by atoms with Gasteiger partial charge in [-0.1, -0.05) is 152 Å². The maximum Gasteiger partial charge on any atom is 0.213 e.